The van der Waals surface area contributed by atoms with Crippen LogP contribution in [0.2, 0.25) is 0 Å². The quantitative estimate of drug-likeness (QED) is 0.434. The molecule has 9 heteroatoms. The third-order valence-corrected chi connectivity index (χ3v) is 3.35. The predicted octanol–water partition coefficient (Wildman–Crippen LogP) is 3.63. The number of thiocarbonyl (C=S) groups is 1. The summed E-state index contributed by atoms with van der Waals surface area (Å²) < 4.78 is 39.8. The summed E-state index contributed by atoms with van der Waals surface area (Å²) >= 11 is 5.12. The molecule has 0 aromatic heterocycles. The minimum Gasteiger partial charge on any atom is -0.497 e. The number of halogens is 2. The van der Waals surface area contributed by atoms with Gasteiger partial charge < -0.3 is 19.5 Å². The summed E-state index contributed by atoms with van der Waals surface area (Å²) in [6, 6.07) is 11.8. The first kappa shape index (κ1) is 19.4. The number of hydrogen-bond acceptors (Lipinski definition) is 5. The summed E-state index contributed by atoms with van der Waals surface area (Å²) in [7, 11) is 2.94. The topological polar surface area (TPSA) is 64.1 Å². The Hall–Kier alpha value is -2.94. The molecule has 0 amide bonds. The maximum absolute atomic E-state index is 12.6. The molecule has 0 aliphatic heterocycles. The van der Waals surface area contributed by atoms with Gasteiger partial charge in [-0.25, -0.2) is 0 Å². The highest BCUT2D eigenvalue weighted by Crippen LogP contribution is 2.31. The predicted molar refractivity (Wildman–Crippen MR) is 99.6 cm³/mol. The van der Waals surface area contributed by atoms with Crippen molar-refractivity contribution < 1.29 is 23.0 Å². The molecule has 0 aliphatic rings. The van der Waals surface area contributed by atoms with Crippen molar-refractivity contribution in [2.75, 3.05) is 19.5 Å². The Kier molecular flexibility index (Phi) is 7.10. The molecule has 0 spiro atoms. The van der Waals surface area contributed by atoms with Gasteiger partial charge in [0.15, 0.2) is 16.6 Å². The number of nitrogens with one attached hydrogen (secondary N) is 2. The van der Waals surface area contributed by atoms with E-state index in [1.807, 2.05) is 0 Å². The molecule has 0 unspecified atom stereocenters. The van der Waals surface area contributed by atoms with Crippen LogP contribution in [0.3, 0.4) is 0 Å². The van der Waals surface area contributed by atoms with Crippen LogP contribution in [0.4, 0.5) is 14.5 Å². The standard InChI is InChI=1S/C17H17F2N3O3S/c1-23-13-8-6-12(7-9-13)21-17(26)22-20-10-11-4-3-5-14(24-2)15(11)25-16(18)19/h3-10,16H,1-2H3,(H2,21,22,26)/b20-10-. The summed E-state index contributed by atoms with van der Waals surface area (Å²) in [5.74, 6) is 0.787. The highest BCUT2D eigenvalue weighted by Gasteiger charge is 2.14. The Labute approximate surface area is 154 Å². The monoisotopic (exact) mass is 381 g/mol. The maximum Gasteiger partial charge on any atom is 0.387 e. The average molecular weight is 381 g/mol. The van der Waals surface area contributed by atoms with E-state index in [-0.39, 0.29) is 16.6 Å². The van der Waals surface area contributed by atoms with Crippen LogP contribution in [0, 0.1) is 0 Å². The maximum atomic E-state index is 12.6. The molecule has 2 rings (SSSR count). The van der Waals surface area contributed by atoms with Crippen LogP contribution in [0.25, 0.3) is 0 Å². The van der Waals surface area contributed by atoms with Crippen molar-refractivity contribution in [3.63, 3.8) is 0 Å². The fourth-order valence-corrected chi connectivity index (χ4v) is 2.17. The van der Waals surface area contributed by atoms with E-state index in [2.05, 4.69) is 20.6 Å². The SMILES string of the molecule is COc1ccc(NC(=S)N/N=C\c2cccc(OC)c2OC(F)F)cc1. The third kappa shape index (κ3) is 5.55. The van der Waals surface area contributed by atoms with Gasteiger partial charge in [0.25, 0.3) is 0 Å². The number of ether oxygens (including phenoxy) is 3. The second-order valence-corrected chi connectivity index (χ2v) is 5.22. The fourth-order valence-electron chi connectivity index (χ4n) is 2.00. The zero-order valence-electron chi connectivity index (χ0n) is 14.0. The molecule has 0 fully saturated rings. The Morgan fingerprint density at radius 1 is 1.12 bits per heavy atom. The van der Waals surface area contributed by atoms with Crippen LogP contribution >= 0.6 is 12.2 Å². The highest BCUT2D eigenvalue weighted by atomic mass is 32.1. The van der Waals surface area contributed by atoms with Crippen LogP contribution in [-0.2, 0) is 0 Å². The lowest BCUT2D eigenvalue weighted by atomic mass is 10.2. The number of nitrogens with zero attached hydrogens (tertiary/aromatic N) is 1. The van der Waals surface area contributed by atoms with Gasteiger partial charge in [-0.2, -0.15) is 13.9 Å². The number of methoxy groups -OCH3 is 2. The van der Waals surface area contributed by atoms with Gasteiger partial charge in [0.05, 0.1) is 20.4 Å². The fraction of sp³-hybridized carbons (Fsp3) is 0.176. The minimum absolute atomic E-state index is 0.107. The number of hydrazone groups is 1. The normalized spacial score (nSPS) is 10.7. The van der Waals surface area contributed by atoms with Gasteiger partial charge >= 0.3 is 6.61 Å². The van der Waals surface area contributed by atoms with Crippen molar-refractivity contribution in [2.24, 2.45) is 5.10 Å². The first-order chi connectivity index (χ1) is 12.5. The Balaban J connectivity index is 2.01. The number of alkyl halides is 2. The van der Waals surface area contributed by atoms with E-state index in [4.69, 9.17) is 21.7 Å². The van der Waals surface area contributed by atoms with Gasteiger partial charge in [0, 0.05) is 11.3 Å². The molecule has 6 nitrogen and oxygen atoms in total. The molecule has 2 N–H and O–H groups in total. The average Bonchev–Trinajstić information content (AvgIpc) is 2.63. The first-order valence-corrected chi connectivity index (χ1v) is 7.80. The Morgan fingerprint density at radius 3 is 2.46 bits per heavy atom. The van der Waals surface area contributed by atoms with Crippen LogP contribution in [-0.4, -0.2) is 32.2 Å². The van der Waals surface area contributed by atoms with Crippen molar-refractivity contribution >= 4 is 29.2 Å². The molecule has 0 aliphatic carbocycles. The van der Waals surface area contributed by atoms with Gasteiger partial charge in [0.1, 0.15) is 5.75 Å². The van der Waals surface area contributed by atoms with Crippen LogP contribution in [0.5, 0.6) is 17.2 Å². The summed E-state index contributed by atoms with van der Waals surface area (Å²) in [5.41, 5.74) is 3.65. The number of rotatable bonds is 7. The van der Waals surface area contributed by atoms with Crippen LogP contribution < -0.4 is 25.0 Å². The number of benzene rings is 2. The molecular formula is C17H17F2N3O3S. The van der Waals surface area contributed by atoms with Crippen molar-refractivity contribution in [2.45, 2.75) is 6.61 Å². The van der Waals surface area contributed by atoms with Crippen molar-refractivity contribution in [3.8, 4) is 17.2 Å². The molecule has 0 radical (unpaired) electrons. The first-order valence-electron chi connectivity index (χ1n) is 7.39. The summed E-state index contributed by atoms with van der Waals surface area (Å²) in [6.45, 7) is -2.98. The minimum atomic E-state index is -2.98. The number of para-hydroxylation sites is 1. The van der Waals surface area contributed by atoms with Crippen LogP contribution in [0.1, 0.15) is 5.56 Å². The van der Waals surface area contributed by atoms with Gasteiger partial charge in [-0.1, -0.05) is 6.07 Å². The zero-order valence-corrected chi connectivity index (χ0v) is 14.8. The lowest BCUT2D eigenvalue weighted by Crippen LogP contribution is -2.23. The Morgan fingerprint density at radius 2 is 1.85 bits per heavy atom. The van der Waals surface area contributed by atoms with E-state index < -0.39 is 6.61 Å². The van der Waals surface area contributed by atoms with Crippen molar-refractivity contribution in [1.29, 1.82) is 0 Å². The van der Waals surface area contributed by atoms with Gasteiger partial charge in [-0.05, 0) is 48.6 Å². The van der Waals surface area contributed by atoms with Crippen LogP contribution in [0.15, 0.2) is 47.6 Å². The second kappa shape index (κ2) is 9.52. The summed E-state index contributed by atoms with van der Waals surface area (Å²) in [6.07, 6.45) is 1.31. The Bertz CT molecular complexity index is 770. The van der Waals surface area contributed by atoms with Gasteiger partial charge in [-0.3, -0.25) is 5.43 Å². The molecule has 0 saturated carbocycles. The molecule has 2 aromatic rings. The van der Waals surface area contributed by atoms with E-state index in [0.29, 0.717) is 5.56 Å². The number of hydrogen-bond donors (Lipinski definition) is 2. The van der Waals surface area contributed by atoms with E-state index in [0.717, 1.165) is 11.4 Å². The summed E-state index contributed by atoms with van der Waals surface area (Å²) in [5, 5.41) is 7.08. The zero-order chi connectivity index (χ0) is 18.9. The second-order valence-electron chi connectivity index (χ2n) is 4.81. The van der Waals surface area contributed by atoms with E-state index >= 15 is 0 Å². The number of anilines is 1. The van der Waals surface area contributed by atoms with Gasteiger partial charge in [0.2, 0.25) is 0 Å². The lowest BCUT2D eigenvalue weighted by Gasteiger charge is -2.12. The summed E-state index contributed by atoms with van der Waals surface area (Å²) in [4.78, 5) is 0. The van der Waals surface area contributed by atoms with Gasteiger partial charge in [-0.15, -0.1) is 0 Å². The molecular weight excluding hydrogens is 364 g/mol. The molecule has 0 heterocycles. The van der Waals surface area contributed by atoms with E-state index in [9.17, 15) is 8.78 Å². The van der Waals surface area contributed by atoms with Crippen molar-refractivity contribution in [1.82, 2.24) is 5.43 Å². The molecule has 26 heavy (non-hydrogen) atoms. The molecule has 138 valence electrons. The smallest absolute Gasteiger partial charge is 0.387 e. The van der Waals surface area contributed by atoms with E-state index in [1.165, 1.54) is 19.4 Å². The largest absolute Gasteiger partial charge is 0.497 e. The molecule has 0 saturated heterocycles. The third-order valence-electron chi connectivity index (χ3n) is 3.15. The van der Waals surface area contributed by atoms with E-state index in [1.54, 1.807) is 43.5 Å². The molecule has 0 bridgehead atoms. The molecule has 0 atom stereocenters. The lowest BCUT2D eigenvalue weighted by molar-refractivity contribution is -0.0513. The molecule has 2 aromatic carbocycles. The highest BCUT2D eigenvalue weighted by molar-refractivity contribution is 7.80. The van der Waals surface area contributed by atoms with Crippen molar-refractivity contribution in [3.05, 3.63) is 48.0 Å².